The summed E-state index contributed by atoms with van der Waals surface area (Å²) in [6.07, 6.45) is 0. The van der Waals surface area contributed by atoms with Gasteiger partial charge in [-0.15, -0.1) is 11.8 Å². The van der Waals surface area contributed by atoms with Gasteiger partial charge in [0.25, 0.3) is 11.6 Å². The Bertz CT molecular complexity index is 1640. The highest BCUT2D eigenvalue weighted by molar-refractivity contribution is 8.01. The molecule has 2 saturated heterocycles. The lowest BCUT2D eigenvalue weighted by molar-refractivity contribution is -0.384. The van der Waals surface area contributed by atoms with Crippen LogP contribution in [-0.4, -0.2) is 60.8 Å². The highest BCUT2D eigenvalue weighted by atomic mass is 32.2. The van der Waals surface area contributed by atoms with Crippen molar-refractivity contribution in [2.24, 2.45) is 0 Å². The van der Waals surface area contributed by atoms with Gasteiger partial charge in [-0.05, 0) is 31.5 Å². The Labute approximate surface area is 229 Å². The minimum absolute atomic E-state index is 0.0363. The Morgan fingerprint density at radius 3 is 2.48 bits per heavy atom. The predicted molar refractivity (Wildman–Crippen MR) is 141 cm³/mol. The number of hydrogen-bond acceptors (Lipinski definition) is 9. The van der Waals surface area contributed by atoms with Crippen LogP contribution in [-0.2, 0) is 14.4 Å². The number of nitrogens with one attached hydrogen (secondary N) is 2. The number of β-lactam (4-membered cyclic amide) rings is 1. The van der Waals surface area contributed by atoms with Crippen LogP contribution in [0.5, 0.6) is 0 Å². The van der Waals surface area contributed by atoms with Crippen LogP contribution in [0.4, 0.5) is 5.69 Å². The van der Waals surface area contributed by atoms with Gasteiger partial charge in [0, 0.05) is 22.3 Å². The SMILES string of the molecule is CC1(C)S[C@@H]2[C@H](NC(=O)C(NC(=O)c3cc4cc([N+](=O)[O-])ccc4oc3=O)c3ccccc3)C(=O)N2[C@H]1C(=O)O. The Morgan fingerprint density at radius 1 is 1.12 bits per heavy atom. The molecule has 3 N–H and O–H groups in total. The second-order valence-electron chi connectivity index (χ2n) is 9.83. The number of nitro groups is 1. The quantitative estimate of drug-likeness (QED) is 0.165. The van der Waals surface area contributed by atoms with E-state index in [0.29, 0.717) is 5.56 Å². The number of hydrogen-bond donors (Lipinski definition) is 3. The Balaban J connectivity index is 1.41. The Hall–Kier alpha value is -4.72. The van der Waals surface area contributed by atoms with Gasteiger partial charge in [0.1, 0.15) is 34.6 Å². The van der Waals surface area contributed by atoms with Crippen LogP contribution in [0.15, 0.2) is 63.8 Å². The van der Waals surface area contributed by atoms with Gasteiger partial charge < -0.3 is 25.1 Å². The highest BCUT2D eigenvalue weighted by Crippen LogP contribution is 2.50. The molecule has 13 nitrogen and oxygen atoms in total. The lowest BCUT2D eigenvalue weighted by Crippen LogP contribution is -2.71. The number of carboxylic acid groups (broad SMARTS) is 1. The maximum absolute atomic E-state index is 13.4. The first kappa shape index (κ1) is 26.9. The van der Waals surface area contributed by atoms with Gasteiger partial charge in [0.15, 0.2) is 0 Å². The third-order valence-electron chi connectivity index (χ3n) is 6.81. The minimum atomic E-state index is -1.34. The van der Waals surface area contributed by atoms with E-state index in [0.717, 1.165) is 18.2 Å². The minimum Gasteiger partial charge on any atom is -0.480 e. The maximum atomic E-state index is 13.4. The highest BCUT2D eigenvalue weighted by Gasteiger charge is 2.64. The second-order valence-corrected chi connectivity index (χ2v) is 11.6. The maximum Gasteiger partial charge on any atom is 0.349 e. The predicted octanol–water partition coefficient (Wildman–Crippen LogP) is 1.80. The monoisotopic (exact) mass is 566 g/mol. The van der Waals surface area contributed by atoms with Gasteiger partial charge in [-0.3, -0.25) is 24.5 Å². The number of carbonyl (C=O) groups is 4. The van der Waals surface area contributed by atoms with Crippen LogP contribution in [0.1, 0.15) is 35.8 Å². The number of carboxylic acids is 1. The van der Waals surface area contributed by atoms with Gasteiger partial charge in [-0.25, -0.2) is 9.59 Å². The van der Waals surface area contributed by atoms with Crippen molar-refractivity contribution >= 4 is 52.1 Å². The Morgan fingerprint density at radius 2 is 1.82 bits per heavy atom. The summed E-state index contributed by atoms with van der Waals surface area (Å²) in [5.74, 6) is -3.43. The number of nitro benzene ring substituents is 1. The zero-order valence-electron chi connectivity index (χ0n) is 21.0. The zero-order valence-corrected chi connectivity index (χ0v) is 21.8. The van der Waals surface area contributed by atoms with Crippen molar-refractivity contribution in [2.45, 2.75) is 42.1 Å². The van der Waals surface area contributed by atoms with Crippen molar-refractivity contribution in [1.82, 2.24) is 15.5 Å². The lowest BCUT2D eigenvalue weighted by Gasteiger charge is -2.44. The molecule has 2 aromatic carbocycles. The molecule has 1 aromatic heterocycles. The van der Waals surface area contributed by atoms with E-state index in [1.54, 1.807) is 44.2 Å². The molecule has 2 aliphatic heterocycles. The first-order valence-electron chi connectivity index (χ1n) is 12.0. The zero-order chi connectivity index (χ0) is 28.9. The number of nitrogens with zero attached hydrogens (tertiary/aromatic N) is 2. The lowest BCUT2D eigenvalue weighted by atomic mass is 9.95. The molecule has 4 atom stereocenters. The van der Waals surface area contributed by atoms with Crippen molar-refractivity contribution in [2.75, 3.05) is 0 Å². The summed E-state index contributed by atoms with van der Waals surface area (Å²) in [6, 6.07) is 9.37. The van der Waals surface area contributed by atoms with Crippen LogP contribution in [0.2, 0.25) is 0 Å². The molecule has 14 heteroatoms. The van der Waals surface area contributed by atoms with Gasteiger partial charge in [0.2, 0.25) is 11.8 Å². The number of aliphatic carboxylic acids is 1. The van der Waals surface area contributed by atoms with E-state index in [9.17, 15) is 39.2 Å². The molecule has 2 fully saturated rings. The van der Waals surface area contributed by atoms with Crippen LogP contribution in [0, 0.1) is 10.1 Å². The smallest absolute Gasteiger partial charge is 0.349 e. The molecule has 0 aliphatic carbocycles. The van der Waals surface area contributed by atoms with E-state index in [1.807, 2.05) is 0 Å². The fraction of sp³-hybridized carbons (Fsp3) is 0.269. The van der Waals surface area contributed by atoms with Crippen molar-refractivity contribution in [3.8, 4) is 0 Å². The average Bonchev–Trinajstić information content (AvgIpc) is 3.17. The molecule has 0 radical (unpaired) electrons. The van der Waals surface area contributed by atoms with E-state index < -0.39 is 68.0 Å². The molecular formula is C26H22N4O9S. The normalized spacial score (nSPS) is 21.7. The summed E-state index contributed by atoms with van der Waals surface area (Å²) in [5, 5.41) is 25.4. The fourth-order valence-corrected chi connectivity index (χ4v) is 6.54. The van der Waals surface area contributed by atoms with Gasteiger partial charge >= 0.3 is 11.6 Å². The first-order chi connectivity index (χ1) is 18.9. The summed E-state index contributed by atoms with van der Waals surface area (Å²) in [6.45, 7) is 3.41. The number of rotatable bonds is 7. The third kappa shape index (κ3) is 4.55. The Kier molecular flexibility index (Phi) is 6.58. The van der Waals surface area contributed by atoms with Crippen molar-refractivity contribution < 1.29 is 33.6 Å². The second kappa shape index (κ2) is 9.79. The van der Waals surface area contributed by atoms with Crippen LogP contribution >= 0.6 is 11.8 Å². The van der Waals surface area contributed by atoms with Gasteiger partial charge in [0.05, 0.1) is 4.92 Å². The number of amides is 3. The summed E-state index contributed by atoms with van der Waals surface area (Å²) in [4.78, 5) is 75.6. The summed E-state index contributed by atoms with van der Waals surface area (Å²) in [5.41, 5.74) is -1.38. The molecule has 206 valence electrons. The number of fused-ring (bicyclic) bond motifs is 2. The van der Waals surface area contributed by atoms with E-state index in [1.165, 1.54) is 22.7 Å². The molecule has 0 spiro atoms. The molecule has 0 saturated carbocycles. The van der Waals surface area contributed by atoms with E-state index >= 15 is 0 Å². The molecule has 0 bridgehead atoms. The van der Waals surface area contributed by atoms with Crippen LogP contribution in [0.25, 0.3) is 11.0 Å². The number of non-ortho nitro benzene ring substituents is 1. The van der Waals surface area contributed by atoms with E-state index in [-0.39, 0.29) is 16.7 Å². The summed E-state index contributed by atoms with van der Waals surface area (Å²) >= 11 is 1.25. The standard InChI is InChI=1S/C26H22N4O9S/c1-26(2)19(24(34)35)29-22(33)18(23(29)40-26)28-21(32)17(12-6-4-3-5-7-12)27-20(31)15-11-13-10-14(30(37)38)8-9-16(13)39-25(15)36/h3-11,17-19,23H,1-2H3,(H,27,31)(H,28,32)(H,34,35)/t17?,18-,19+,23-/m1/s1. The summed E-state index contributed by atoms with van der Waals surface area (Å²) in [7, 11) is 0. The number of benzene rings is 2. The molecule has 2 aliphatic rings. The third-order valence-corrected chi connectivity index (χ3v) is 8.39. The topological polar surface area (TPSA) is 189 Å². The van der Waals surface area contributed by atoms with Crippen molar-refractivity contribution in [1.29, 1.82) is 0 Å². The molecule has 3 heterocycles. The van der Waals surface area contributed by atoms with Crippen LogP contribution < -0.4 is 16.3 Å². The average molecular weight is 567 g/mol. The van der Waals surface area contributed by atoms with Gasteiger partial charge in [-0.1, -0.05) is 30.3 Å². The first-order valence-corrected chi connectivity index (χ1v) is 12.9. The van der Waals surface area contributed by atoms with Crippen molar-refractivity contribution in [3.05, 3.63) is 86.3 Å². The molecule has 3 aromatic rings. The van der Waals surface area contributed by atoms with E-state index in [4.69, 9.17) is 4.42 Å². The molecule has 3 amide bonds. The fourth-order valence-electron chi connectivity index (χ4n) is 4.92. The van der Waals surface area contributed by atoms with E-state index in [2.05, 4.69) is 10.6 Å². The largest absolute Gasteiger partial charge is 0.480 e. The van der Waals surface area contributed by atoms with Crippen molar-refractivity contribution in [3.63, 3.8) is 0 Å². The van der Waals surface area contributed by atoms with Gasteiger partial charge in [-0.2, -0.15) is 0 Å². The summed E-state index contributed by atoms with van der Waals surface area (Å²) < 4.78 is 4.36. The van der Waals surface area contributed by atoms with Crippen LogP contribution in [0.3, 0.4) is 0 Å². The number of carbonyl (C=O) groups excluding carboxylic acids is 3. The molecule has 5 rings (SSSR count). The molecule has 1 unspecified atom stereocenters. The number of thioether (sulfide) groups is 1. The molecule has 40 heavy (non-hydrogen) atoms. The molecular weight excluding hydrogens is 544 g/mol.